The first-order valence-corrected chi connectivity index (χ1v) is 4.68. The van der Waals surface area contributed by atoms with Gasteiger partial charge in [0.1, 0.15) is 0 Å². The van der Waals surface area contributed by atoms with Crippen LogP contribution in [0.25, 0.3) is 0 Å². The Morgan fingerprint density at radius 3 is 2.58 bits per heavy atom. The Labute approximate surface area is 74.2 Å². The largest absolute Gasteiger partial charge is 0.380 e. The Kier molecular flexibility index (Phi) is 3.98. The van der Waals surface area contributed by atoms with Crippen molar-refractivity contribution in [1.29, 1.82) is 0 Å². The second kappa shape index (κ2) is 4.80. The minimum absolute atomic E-state index is 0.425. The number of rotatable bonds is 6. The van der Waals surface area contributed by atoms with E-state index in [-0.39, 0.29) is 0 Å². The summed E-state index contributed by atoms with van der Waals surface area (Å²) in [4.78, 5) is 0. The van der Waals surface area contributed by atoms with E-state index in [1.807, 2.05) is 0 Å². The lowest BCUT2D eigenvalue weighted by Gasteiger charge is -2.40. The average Bonchev–Trinajstić information content (AvgIpc) is 2.02. The highest BCUT2D eigenvalue weighted by molar-refractivity contribution is 4.83. The lowest BCUT2D eigenvalue weighted by atomic mass is 9.80. The quantitative estimate of drug-likeness (QED) is 0.604. The molecule has 1 heterocycles. The van der Waals surface area contributed by atoms with E-state index < -0.39 is 0 Å². The number of hydrogen-bond acceptors (Lipinski definition) is 3. The molecule has 3 nitrogen and oxygen atoms in total. The normalized spacial score (nSPS) is 20.5. The zero-order valence-electron chi connectivity index (χ0n) is 7.84. The predicted octanol–water partition coefficient (Wildman–Crippen LogP) is 0.778. The molecule has 0 amide bonds. The topological polar surface area (TPSA) is 44.5 Å². The first-order chi connectivity index (χ1) is 5.83. The Morgan fingerprint density at radius 2 is 2.17 bits per heavy atom. The maximum atomic E-state index is 5.34. The zero-order chi connectivity index (χ0) is 8.86. The van der Waals surface area contributed by atoms with Gasteiger partial charge in [-0.3, -0.25) is 0 Å². The maximum absolute atomic E-state index is 5.34. The van der Waals surface area contributed by atoms with Gasteiger partial charge >= 0.3 is 0 Å². The second-order valence-corrected chi connectivity index (χ2v) is 3.50. The Hall–Kier alpha value is -0.120. The van der Waals surface area contributed by atoms with Gasteiger partial charge in [-0.1, -0.05) is 6.92 Å². The van der Waals surface area contributed by atoms with Gasteiger partial charge in [0.2, 0.25) is 0 Å². The van der Waals surface area contributed by atoms with Crippen LogP contribution in [0.3, 0.4) is 0 Å². The van der Waals surface area contributed by atoms with Crippen LogP contribution < -0.4 is 5.73 Å². The summed E-state index contributed by atoms with van der Waals surface area (Å²) >= 11 is 0. The summed E-state index contributed by atoms with van der Waals surface area (Å²) in [6.45, 7) is 6.17. The van der Waals surface area contributed by atoms with E-state index >= 15 is 0 Å². The van der Waals surface area contributed by atoms with E-state index in [1.54, 1.807) is 0 Å². The lowest BCUT2D eigenvalue weighted by Crippen LogP contribution is -2.42. The third-order valence-electron chi connectivity index (χ3n) is 2.61. The van der Waals surface area contributed by atoms with Gasteiger partial charge in [0.05, 0.1) is 19.8 Å². The van der Waals surface area contributed by atoms with Gasteiger partial charge in [-0.05, 0) is 12.8 Å². The van der Waals surface area contributed by atoms with Gasteiger partial charge in [-0.2, -0.15) is 0 Å². The van der Waals surface area contributed by atoms with Crippen molar-refractivity contribution in [2.75, 3.05) is 33.0 Å². The monoisotopic (exact) mass is 173 g/mol. The average molecular weight is 173 g/mol. The molecule has 0 aromatic rings. The highest BCUT2D eigenvalue weighted by Gasteiger charge is 2.35. The van der Waals surface area contributed by atoms with Crippen LogP contribution >= 0.6 is 0 Å². The van der Waals surface area contributed by atoms with Crippen LogP contribution in [0, 0.1) is 5.41 Å². The lowest BCUT2D eigenvalue weighted by molar-refractivity contribution is -0.127. The molecule has 0 saturated carbocycles. The predicted molar refractivity (Wildman–Crippen MR) is 48.0 cm³/mol. The summed E-state index contributed by atoms with van der Waals surface area (Å²) in [6, 6.07) is 0. The first kappa shape index (κ1) is 9.96. The molecule has 0 spiro atoms. The van der Waals surface area contributed by atoms with Crippen molar-refractivity contribution in [3.63, 3.8) is 0 Å². The maximum Gasteiger partial charge on any atom is 0.0588 e. The van der Waals surface area contributed by atoms with Crippen molar-refractivity contribution in [3.8, 4) is 0 Å². The molecule has 0 unspecified atom stereocenters. The van der Waals surface area contributed by atoms with Gasteiger partial charge in [0.15, 0.2) is 0 Å². The molecule has 0 aromatic heterocycles. The third-order valence-corrected chi connectivity index (χ3v) is 2.61. The van der Waals surface area contributed by atoms with Gasteiger partial charge in [-0.15, -0.1) is 0 Å². The van der Waals surface area contributed by atoms with Gasteiger partial charge < -0.3 is 15.2 Å². The smallest absolute Gasteiger partial charge is 0.0588 e. The minimum Gasteiger partial charge on any atom is -0.380 e. The highest BCUT2D eigenvalue weighted by Crippen LogP contribution is 2.34. The molecule has 1 aliphatic rings. The van der Waals surface area contributed by atoms with Crippen molar-refractivity contribution in [2.24, 2.45) is 11.1 Å². The molecule has 72 valence electrons. The fourth-order valence-electron chi connectivity index (χ4n) is 1.39. The summed E-state index contributed by atoms with van der Waals surface area (Å²) in [5.74, 6) is 0. The van der Waals surface area contributed by atoms with E-state index in [1.165, 1.54) is 6.42 Å². The molecular weight excluding hydrogens is 154 g/mol. The van der Waals surface area contributed by atoms with Crippen molar-refractivity contribution in [1.82, 2.24) is 0 Å². The summed E-state index contributed by atoms with van der Waals surface area (Å²) in [7, 11) is 0. The first-order valence-electron chi connectivity index (χ1n) is 4.68. The summed E-state index contributed by atoms with van der Waals surface area (Å²) in [5.41, 5.74) is 5.73. The molecule has 0 aromatic carbocycles. The van der Waals surface area contributed by atoms with Crippen LogP contribution in [-0.2, 0) is 9.47 Å². The second-order valence-electron chi connectivity index (χ2n) is 3.50. The molecule has 3 heteroatoms. The Morgan fingerprint density at radius 1 is 1.42 bits per heavy atom. The van der Waals surface area contributed by atoms with Crippen LogP contribution in [-0.4, -0.2) is 33.0 Å². The summed E-state index contributed by atoms with van der Waals surface area (Å²) < 4.78 is 10.5. The third kappa shape index (κ3) is 2.44. The molecule has 1 aliphatic heterocycles. The SMILES string of the molecule is CCC1(CCOCCN)COC1. The molecule has 12 heavy (non-hydrogen) atoms. The van der Waals surface area contributed by atoms with Crippen molar-refractivity contribution in [3.05, 3.63) is 0 Å². The fraction of sp³-hybridized carbons (Fsp3) is 1.00. The molecule has 0 aliphatic carbocycles. The van der Waals surface area contributed by atoms with E-state index in [9.17, 15) is 0 Å². The van der Waals surface area contributed by atoms with Gasteiger partial charge in [0, 0.05) is 18.6 Å². The van der Waals surface area contributed by atoms with Crippen LogP contribution in [0.4, 0.5) is 0 Å². The van der Waals surface area contributed by atoms with Crippen LogP contribution in [0.15, 0.2) is 0 Å². The summed E-state index contributed by atoms with van der Waals surface area (Å²) in [5, 5.41) is 0. The number of hydrogen-bond donors (Lipinski definition) is 1. The van der Waals surface area contributed by atoms with Crippen molar-refractivity contribution < 1.29 is 9.47 Å². The molecule has 2 N–H and O–H groups in total. The molecular formula is C9H19NO2. The molecule has 0 bridgehead atoms. The molecule has 1 saturated heterocycles. The molecule has 1 fully saturated rings. The van der Waals surface area contributed by atoms with Crippen LogP contribution in [0.2, 0.25) is 0 Å². The number of nitrogens with two attached hydrogens (primary N) is 1. The van der Waals surface area contributed by atoms with Crippen LogP contribution in [0.1, 0.15) is 19.8 Å². The Balaban J connectivity index is 2.04. The van der Waals surface area contributed by atoms with Gasteiger partial charge in [-0.25, -0.2) is 0 Å². The minimum atomic E-state index is 0.425. The molecule has 1 rings (SSSR count). The zero-order valence-corrected chi connectivity index (χ0v) is 7.84. The van der Waals surface area contributed by atoms with E-state index in [0.717, 1.165) is 26.2 Å². The van der Waals surface area contributed by atoms with E-state index in [4.69, 9.17) is 15.2 Å². The van der Waals surface area contributed by atoms with E-state index in [0.29, 0.717) is 18.6 Å². The number of ether oxygens (including phenoxy) is 2. The molecule has 0 atom stereocenters. The van der Waals surface area contributed by atoms with E-state index in [2.05, 4.69) is 6.92 Å². The standard InChI is InChI=1S/C9H19NO2/c1-2-9(7-12-8-9)3-5-11-6-4-10/h2-8,10H2,1H3. The van der Waals surface area contributed by atoms with Crippen molar-refractivity contribution >= 4 is 0 Å². The Bertz CT molecular complexity index is 118. The summed E-state index contributed by atoms with van der Waals surface area (Å²) in [6.07, 6.45) is 2.31. The van der Waals surface area contributed by atoms with Crippen molar-refractivity contribution in [2.45, 2.75) is 19.8 Å². The van der Waals surface area contributed by atoms with Crippen LogP contribution in [0.5, 0.6) is 0 Å². The van der Waals surface area contributed by atoms with Gasteiger partial charge in [0.25, 0.3) is 0 Å². The fourth-order valence-corrected chi connectivity index (χ4v) is 1.39. The molecule has 0 radical (unpaired) electrons. The highest BCUT2D eigenvalue weighted by atomic mass is 16.5.